The third-order valence-electron chi connectivity index (χ3n) is 3.95. The van der Waals surface area contributed by atoms with Crippen LogP contribution in [0.1, 0.15) is 6.42 Å². The van der Waals surface area contributed by atoms with Crippen molar-refractivity contribution in [2.24, 2.45) is 0 Å². The second kappa shape index (κ2) is 6.63. The molecule has 1 atom stereocenters. The van der Waals surface area contributed by atoms with Gasteiger partial charge in [-0.25, -0.2) is 4.21 Å². The van der Waals surface area contributed by atoms with Crippen LogP contribution in [0.2, 0.25) is 5.02 Å². The zero-order chi connectivity index (χ0) is 17.4. The van der Waals surface area contributed by atoms with Gasteiger partial charge in [0, 0.05) is 23.7 Å². The monoisotopic (exact) mass is 366 g/mol. The van der Waals surface area contributed by atoms with Crippen molar-refractivity contribution in [1.82, 2.24) is 4.90 Å². The Bertz CT molecular complexity index is 811. The van der Waals surface area contributed by atoms with Crippen LogP contribution in [0.4, 0.5) is 11.4 Å². The average Bonchev–Trinajstić information content (AvgIpc) is 2.52. The Balaban J connectivity index is 2.10. The smallest absolute Gasteiger partial charge is 0.159 e. The molecule has 2 N–H and O–H groups in total. The van der Waals surface area contributed by atoms with E-state index in [4.69, 9.17) is 11.6 Å². The van der Waals surface area contributed by atoms with Crippen LogP contribution in [0, 0.1) is 0 Å². The van der Waals surface area contributed by atoms with E-state index in [0.29, 0.717) is 27.0 Å². The summed E-state index contributed by atoms with van der Waals surface area (Å²) in [6.45, 7) is 1.58. The van der Waals surface area contributed by atoms with E-state index in [0.717, 1.165) is 18.7 Å². The number of aromatic hydroxyl groups is 2. The molecule has 1 heterocycles. The lowest BCUT2D eigenvalue weighted by Crippen LogP contribution is -2.27. The van der Waals surface area contributed by atoms with Crippen LogP contribution in [-0.2, 0) is 10.8 Å². The van der Waals surface area contributed by atoms with Gasteiger partial charge in [0.1, 0.15) is 0 Å². The van der Waals surface area contributed by atoms with E-state index < -0.39 is 10.8 Å². The van der Waals surface area contributed by atoms with E-state index in [2.05, 4.69) is 4.90 Å². The van der Waals surface area contributed by atoms with Crippen LogP contribution in [-0.4, -0.2) is 46.5 Å². The van der Waals surface area contributed by atoms with Gasteiger partial charge in [-0.3, -0.25) is 0 Å². The maximum absolute atomic E-state index is 12.9. The SMILES string of the molecule is CN(C)CCCN1c2cc(Cl)ccc2S(=O)c2cc(O)c(O)cc21. The maximum atomic E-state index is 12.9. The fourth-order valence-electron chi connectivity index (χ4n) is 2.80. The van der Waals surface area contributed by atoms with Gasteiger partial charge in [0.2, 0.25) is 0 Å². The average molecular weight is 367 g/mol. The number of phenols is 2. The van der Waals surface area contributed by atoms with Gasteiger partial charge < -0.3 is 20.0 Å². The second-order valence-electron chi connectivity index (χ2n) is 6.00. The van der Waals surface area contributed by atoms with Crippen molar-refractivity contribution in [3.8, 4) is 11.5 Å². The highest BCUT2D eigenvalue weighted by molar-refractivity contribution is 7.85. The van der Waals surface area contributed by atoms with Gasteiger partial charge in [0.05, 0.1) is 32.0 Å². The first kappa shape index (κ1) is 17.1. The molecule has 24 heavy (non-hydrogen) atoms. The molecule has 0 aromatic heterocycles. The number of rotatable bonds is 4. The zero-order valence-corrected chi connectivity index (χ0v) is 15.1. The first-order valence-electron chi connectivity index (χ1n) is 7.58. The summed E-state index contributed by atoms with van der Waals surface area (Å²) in [5.74, 6) is -0.499. The number of benzene rings is 2. The molecule has 0 radical (unpaired) electrons. The predicted octanol–water partition coefficient (Wildman–Crippen LogP) is 3.32. The van der Waals surface area contributed by atoms with Crippen molar-refractivity contribution in [1.29, 1.82) is 0 Å². The summed E-state index contributed by atoms with van der Waals surface area (Å²) < 4.78 is 12.9. The molecule has 1 aliphatic rings. The minimum absolute atomic E-state index is 0.228. The van der Waals surface area contributed by atoms with Crippen molar-refractivity contribution in [2.45, 2.75) is 16.2 Å². The van der Waals surface area contributed by atoms with Crippen molar-refractivity contribution < 1.29 is 14.4 Å². The molecule has 0 amide bonds. The Morgan fingerprint density at radius 3 is 2.46 bits per heavy atom. The number of nitrogens with zero attached hydrogens (tertiary/aromatic N) is 2. The number of halogens is 1. The topological polar surface area (TPSA) is 64.0 Å². The number of hydrogen-bond donors (Lipinski definition) is 2. The molecule has 3 rings (SSSR count). The summed E-state index contributed by atoms with van der Waals surface area (Å²) >= 11 is 6.13. The summed E-state index contributed by atoms with van der Waals surface area (Å²) in [5, 5.41) is 20.2. The molecule has 1 unspecified atom stereocenters. The molecule has 0 saturated heterocycles. The highest BCUT2D eigenvalue weighted by atomic mass is 35.5. The van der Waals surface area contributed by atoms with E-state index in [1.54, 1.807) is 18.2 Å². The van der Waals surface area contributed by atoms with Crippen molar-refractivity contribution in [3.63, 3.8) is 0 Å². The molecule has 0 bridgehead atoms. The number of fused-ring (bicyclic) bond motifs is 2. The van der Waals surface area contributed by atoms with Gasteiger partial charge in [-0.15, -0.1) is 0 Å². The van der Waals surface area contributed by atoms with Crippen molar-refractivity contribution >= 4 is 33.8 Å². The molecule has 0 fully saturated rings. The largest absolute Gasteiger partial charge is 0.504 e. The van der Waals surface area contributed by atoms with Crippen LogP contribution in [0.3, 0.4) is 0 Å². The minimum Gasteiger partial charge on any atom is -0.504 e. The Labute approximate surface area is 148 Å². The zero-order valence-electron chi connectivity index (χ0n) is 13.5. The van der Waals surface area contributed by atoms with Gasteiger partial charge >= 0.3 is 0 Å². The van der Waals surface area contributed by atoms with Crippen LogP contribution < -0.4 is 4.90 Å². The highest BCUT2D eigenvalue weighted by Crippen LogP contribution is 2.46. The van der Waals surface area contributed by atoms with Crippen LogP contribution in [0.25, 0.3) is 0 Å². The number of hydrogen-bond acceptors (Lipinski definition) is 5. The summed E-state index contributed by atoms with van der Waals surface area (Å²) in [7, 11) is 2.58. The molecular weight excluding hydrogens is 348 g/mol. The standard InChI is InChI=1S/C17H19ClN2O3S/c1-19(2)6-3-7-20-12-8-11(18)4-5-16(12)24(23)17-10-15(22)14(21)9-13(17)20/h4-5,8-10,21-22H,3,6-7H2,1-2H3. The van der Waals surface area contributed by atoms with E-state index in [1.807, 2.05) is 19.0 Å². The molecule has 1 aliphatic heterocycles. The Kier molecular flexibility index (Phi) is 4.71. The Morgan fingerprint density at radius 1 is 1.08 bits per heavy atom. The van der Waals surface area contributed by atoms with E-state index in [1.165, 1.54) is 12.1 Å². The van der Waals surface area contributed by atoms with Gasteiger partial charge in [0.15, 0.2) is 11.5 Å². The molecule has 2 aromatic carbocycles. The lowest BCUT2D eigenvalue weighted by molar-refractivity contribution is 0.400. The Morgan fingerprint density at radius 2 is 1.75 bits per heavy atom. The summed E-state index contributed by atoms with van der Waals surface area (Å²) in [6.07, 6.45) is 0.882. The minimum atomic E-state index is -1.43. The van der Waals surface area contributed by atoms with Crippen LogP contribution in [0.5, 0.6) is 11.5 Å². The number of phenolic OH excluding ortho intramolecular Hbond substituents is 2. The Hall–Kier alpha value is -1.76. The molecule has 0 aliphatic carbocycles. The predicted molar refractivity (Wildman–Crippen MR) is 96.1 cm³/mol. The molecule has 2 aromatic rings. The van der Waals surface area contributed by atoms with E-state index in [-0.39, 0.29) is 11.5 Å². The summed E-state index contributed by atoms with van der Waals surface area (Å²) in [5.41, 5.74) is 1.41. The lowest BCUT2D eigenvalue weighted by atomic mass is 10.2. The molecular formula is C17H19ClN2O3S. The van der Waals surface area contributed by atoms with E-state index in [9.17, 15) is 14.4 Å². The summed E-state index contributed by atoms with van der Waals surface area (Å²) in [4.78, 5) is 5.24. The van der Waals surface area contributed by atoms with Crippen molar-refractivity contribution in [3.05, 3.63) is 35.4 Å². The molecule has 7 heteroatoms. The normalized spacial score (nSPS) is 16.2. The fourth-order valence-corrected chi connectivity index (χ4v) is 4.33. The fraction of sp³-hybridized carbons (Fsp3) is 0.294. The first-order valence-corrected chi connectivity index (χ1v) is 9.11. The maximum Gasteiger partial charge on any atom is 0.159 e. The molecule has 128 valence electrons. The van der Waals surface area contributed by atoms with Gasteiger partial charge in [-0.1, -0.05) is 11.6 Å². The van der Waals surface area contributed by atoms with Crippen LogP contribution in [0.15, 0.2) is 40.1 Å². The van der Waals surface area contributed by atoms with Gasteiger partial charge in [-0.05, 0) is 45.3 Å². The third-order valence-corrected chi connectivity index (χ3v) is 5.65. The molecule has 0 spiro atoms. The molecule has 0 saturated carbocycles. The van der Waals surface area contributed by atoms with Crippen LogP contribution >= 0.6 is 11.6 Å². The highest BCUT2D eigenvalue weighted by Gasteiger charge is 2.29. The van der Waals surface area contributed by atoms with Gasteiger partial charge in [-0.2, -0.15) is 0 Å². The first-order chi connectivity index (χ1) is 11.4. The third kappa shape index (κ3) is 3.09. The quantitative estimate of drug-likeness (QED) is 0.813. The second-order valence-corrected chi connectivity index (χ2v) is 7.85. The van der Waals surface area contributed by atoms with Gasteiger partial charge in [0.25, 0.3) is 0 Å². The summed E-state index contributed by atoms with van der Waals surface area (Å²) in [6, 6.07) is 8.08. The number of anilines is 2. The van der Waals surface area contributed by atoms with E-state index >= 15 is 0 Å². The van der Waals surface area contributed by atoms with Crippen molar-refractivity contribution in [2.75, 3.05) is 32.1 Å². The lowest BCUT2D eigenvalue weighted by Gasteiger charge is -2.33. The molecule has 5 nitrogen and oxygen atoms in total.